The van der Waals surface area contributed by atoms with Crippen LogP contribution in [0.3, 0.4) is 0 Å². The number of hydrogen-bond acceptors (Lipinski definition) is 5. The van der Waals surface area contributed by atoms with Crippen LogP contribution in [-0.2, 0) is 14.3 Å². The van der Waals surface area contributed by atoms with Gasteiger partial charge < -0.3 is 9.64 Å². The third-order valence-corrected chi connectivity index (χ3v) is 8.14. The zero-order valence-corrected chi connectivity index (χ0v) is 22.4. The minimum Gasteiger partial charge on any atom is -0.379 e. The van der Waals surface area contributed by atoms with E-state index in [-0.39, 0.29) is 36.1 Å². The van der Waals surface area contributed by atoms with Gasteiger partial charge in [-0.3, -0.25) is 14.5 Å². The molecule has 3 aliphatic rings. The Labute approximate surface area is 224 Å². The predicted molar refractivity (Wildman–Crippen MR) is 144 cm³/mol. The minimum atomic E-state index is -0.348. The Morgan fingerprint density at radius 2 is 1.79 bits per heavy atom. The maximum atomic E-state index is 13.8. The summed E-state index contributed by atoms with van der Waals surface area (Å²) < 4.78 is 19.2. The summed E-state index contributed by atoms with van der Waals surface area (Å²) in [6.45, 7) is 8.39. The van der Waals surface area contributed by atoms with Gasteiger partial charge in [0.1, 0.15) is 12.4 Å². The van der Waals surface area contributed by atoms with Gasteiger partial charge in [-0.05, 0) is 67.1 Å². The molecule has 1 aliphatic carbocycles. The Morgan fingerprint density at radius 1 is 1.05 bits per heavy atom. The topological polar surface area (TPSA) is 65.5 Å². The number of benzene rings is 2. The fourth-order valence-corrected chi connectivity index (χ4v) is 5.28. The van der Waals surface area contributed by atoms with E-state index in [9.17, 15) is 14.0 Å². The second-order valence-electron chi connectivity index (χ2n) is 10.7. The van der Waals surface area contributed by atoms with Crippen molar-refractivity contribution < 1.29 is 18.7 Å². The molecule has 0 spiro atoms. The van der Waals surface area contributed by atoms with Crippen LogP contribution in [0.25, 0.3) is 0 Å². The Balaban J connectivity index is 1.38. The van der Waals surface area contributed by atoms with Crippen molar-refractivity contribution in [3.05, 3.63) is 70.5 Å². The molecule has 0 unspecified atom stereocenters. The van der Waals surface area contributed by atoms with Gasteiger partial charge in [-0.1, -0.05) is 30.7 Å². The molecule has 2 aliphatic heterocycles. The zero-order chi connectivity index (χ0) is 26.6. The number of morpholine rings is 1. The molecule has 2 aromatic rings. The molecule has 0 aromatic heterocycles. The molecule has 1 saturated heterocycles. The van der Waals surface area contributed by atoms with Crippen molar-refractivity contribution in [1.82, 2.24) is 14.8 Å². The highest BCUT2D eigenvalue weighted by Gasteiger charge is 2.36. The largest absolute Gasteiger partial charge is 0.379 e. The SMILES string of the molecule is Cc1ccc(C2=NN(C(=O)CN(CCN3CCOCC3)C(=O)C3CCC3)[C@H](c3ccc(F)cc3)C2)cc1C. The number of rotatable bonds is 8. The summed E-state index contributed by atoms with van der Waals surface area (Å²) in [6.07, 6.45) is 3.37. The first-order chi connectivity index (χ1) is 18.4. The van der Waals surface area contributed by atoms with E-state index in [0.717, 1.165) is 54.8 Å². The number of halogens is 1. The fourth-order valence-electron chi connectivity index (χ4n) is 5.28. The summed E-state index contributed by atoms with van der Waals surface area (Å²) in [6, 6.07) is 12.1. The van der Waals surface area contributed by atoms with Crippen molar-refractivity contribution in [1.29, 1.82) is 0 Å². The van der Waals surface area contributed by atoms with Crippen molar-refractivity contribution in [2.24, 2.45) is 11.0 Å². The molecule has 2 heterocycles. The first-order valence-corrected chi connectivity index (χ1v) is 13.7. The van der Waals surface area contributed by atoms with Crippen LogP contribution < -0.4 is 0 Å². The van der Waals surface area contributed by atoms with Gasteiger partial charge in [0, 0.05) is 38.5 Å². The number of hydrazone groups is 1. The fraction of sp³-hybridized carbons (Fsp3) is 0.500. The predicted octanol–water partition coefficient (Wildman–Crippen LogP) is 4.08. The highest BCUT2D eigenvalue weighted by atomic mass is 19.1. The van der Waals surface area contributed by atoms with Crippen LogP contribution in [-0.4, -0.2) is 78.3 Å². The van der Waals surface area contributed by atoms with Gasteiger partial charge >= 0.3 is 0 Å². The molecule has 1 atom stereocenters. The average molecular weight is 521 g/mol. The van der Waals surface area contributed by atoms with Crippen LogP contribution in [0.2, 0.25) is 0 Å². The molecule has 2 aromatic carbocycles. The maximum absolute atomic E-state index is 13.8. The maximum Gasteiger partial charge on any atom is 0.262 e. The van der Waals surface area contributed by atoms with Crippen molar-refractivity contribution >= 4 is 17.5 Å². The summed E-state index contributed by atoms with van der Waals surface area (Å²) in [7, 11) is 0. The normalized spacial score (nSPS) is 20.2. The number of carbonyl (C=O) groups excluding carboxylic acids is 2. The third kappa shape index (κ3) is 5.97. The molecule has 38 heavy (non-hydrogen) atoms. The Hall–Kier alpha value is -3.10. The number of aryl methyl sites for hydroxylation is 2. The van der Waals surface area contributed by atoms with Gasteiger partial charge in [0.25, 0.3) is 5.91 Å². The van der Waals surface area contributed by atoms with Crippen molar-refractivity contribution in [2.45, 2.75) is 45.6 Å². The molecule has 0 N–H and O–H groups in total. The number of ether oxygens (including phenoxy) is 1. The highest BCUT2D eigenvalue weighted by Crippen LogP contribution is 2.34. The summed E-state index contributed by atoms with van der Waals surface area (Å²) in [4.78, 5) is 31.1. The van der Waals surface area contributed by atoms with E-state index in [2.05, 4.69) is 30.9 Å². The summed E-state index contributed by atoms with van der Waals surface area (Å²) in [5, 5.41) is 6.31. The standard InChI is InChI=1S/C30H37FN4O3/c1-21-6-7-25(18-22(21)2)27-19-28(23-8-10-26(31)11-9-23)35(32-27)29(36)20-34(30(37)24-4-3-5-24)13-12-33-14-16-38-17-15-33/h6-11,18,24,28H,3-5,12-17,19-20H2,1-2H3/t28-/m0/s1. The molecule has 1 saturated carbocycles. The van der Waals surface area contributed by atoms with E-state index in [0.29, 0.717) is 32.7 Å². The van der Waals surface area contributed by atoms with Crippen molar-refractivity contribution in [3.8, 4) is 0 Å². The molecule has 0 radical (unpaired) electrons. The molecule has 0 bridgehead atoms. The van der Waals surface area contributed by atoms with Gasteiger partial charge in [-0.15, -0.1) is 0 Å². The number of carbonyl (C=O) groups is 2. The molecule has 2 amide bonds. The van der Waals surface area contributed by atoms with Gasteiger partial charge in [-0.2, -0.15) is 5.10 Å². The molecule has 2 fully saturated rings. The second kappa shape index (κ2) is 11.7. The monoisotopic (exact) mass is 520 g/mol. The molecule has 5 rings (SSSR count). The van der Waals surface area contributed by atoms with Gasteiger partial charge in [-0.25, -0.2) is 9.40 Å². The van der Waals surface area contributed by atoms with E-state index >= 15 is 0 Å². The first-order valence-electron chi connectivity index (χ1n) is 13.7. The van der Waals surface area contributed by atoms with E-state index in [4.69, 9.17) is 9.84 Å². The molecular weight excluding hydrogens is 483 g/mol. The quantitative estimate of drug-likeness (QED) is 0.526. The third-order valence-electron chi connectivity index (χ3n) is 8.14. The number of nitrogens with zero attached hydrogens (tertiary/aromatic N) is 4. The van der Waals surface area contributed by atoms with E-state index < -0.39 is 0 Å². The van der Waals surface area contributed by atoms with E-state index in [1.54, 1.807) is 17.0 Å². The number of amides is 2. The number of hydrogen-bond donors (Lipinski definition) is 0. The lowest BCUT2D eigenvalue weighted by molar-refractivity contribution is -0.145. The Kier molecular flexibility index (Phi) is 8.19. The van der Waals surface area contributed by atoms with Crippen LogP contribution in [0.4, 0.5) is 4.39 Å². The lowest BCUT2D eigenvalue weighted by atomic mass is 9.84. The van der Waals surface area contributed by atoms with Gasteiger partial charge in [0.05, 0.1) is 25.0 Å². The molecule has 7 nitrogen and oxygen atoms in total. The zero-order valence-electron chi connectivity index (χ0n) is 22.4. The van der Waals surface area contributed by atoms with Gasteiger partial charge in [0.15, 0.2) is 0 Å². The minimum absolute atomic E-state index is 0.00792. The Bertz CT molecular complexity index is 1190. The van der Waals surface area contributed by atoms with Crippen LogP contribution in [0, 0.1) is 25.6 Å². The summed E-state index contributed by atoms with van der Waals surface area (Å²) in [5.74, 6) is -0.463. The summed E-state index contributed by atoms with van der Waals surface area (Å²) in [5.41, 5.74) is 4.98. The first kappa shape index (κ1) is 26.5. The lowest BCUT2D eigenvalue weighted by Crippen LogP contribution is -2.49. The summed E-state index contributed by atoms with van der Waals surface area (Å²) >= 11 is 0. The lowest BCUT2D eigenvalue weighted by Gasteiger charge is -2.34. The smallest absolute Gasteiger partial charge is 0.262 e. The van der Waals surface area contributed by atoms with Crippen LogP contribution in [0.15, 0.2) is 47.6 Å². The van der Waals surface area contributed by atoms with Gasteiger partial charge in [0.2, 0.25) is 5.91 Å². The molecular formula is C30H37FN4O3. The molecule has 202 valence electrons. The second-order valence-corrected chi connectivity index (χ2v) is 10.7. The molecule has 8 heteroatoms. The van der Waals surface area contributed by atoms with Crippen LogP contribution >= 0.6 is 0 Å². The van der Waals surface area contributed by atoms with E-state index in [1.165, 1.54) is 22.7 Å². The average Bonchev–Trinajstić information content (AvgIpc) is 3.34. The highest BCUT2D eigenvalue weighted by molar-refractivity contribution is 6.03. The van der Waals surface area contributed by atoms with Crippen molar-refractivity contribution in [3.63, 3.8) is 0 Å². The van der Waals surface area contributed by atoms with E-state index in [1.807, 2.05) is 6.07 Å². The van der Waals surface area contributed by atoms with Crippen LogP contribution in [0.1, 0.15) is 54.0 Å². The van der Waals surface area contributed by atoms with Crippen molar-refractivity contribution in [2.75, 3.05) is 45.9 Å². The Morgan fingerprint density at radius 3 is 2.45 bits per heavy atom. The van der Waals surface area contributed by atoms with Crippen LogP contribution in [0.5, 0.6) is 0 Å².